The summed E-state index contributed by atoms with van der Waals surface area (Å²) in [6, 6.07) is 6.04. The molecule has 4 heteroatoms. The van der Waals surface area contributed by atoms with Crippen molar-refractivity contribution in [2.75, 3.05) is 13.2 Å². The van der Waals surface area contributed by atoms with Gasteiger partial charge in [0.05, 0.1) is 12.6 Å². The molecule has 0 unspecified atom stereocenters. The molecule has 20 heavy (non-hydrogen) atoms. The lowest BCUT2D eigenvalue weighted by atomic mass is 10.0. The normalized spacial score (nSPS) is 18.9. The Morgan fingerprint density at radius 1 is 1.40 bits per heavy atom. The molecule has 0 radical (unpaired) electrons. The number of nitrogens with zero attached hydrogens (tertiary/aromatic N) is 1. The molecule has 110 valence electrons. The van der Waals surface area contributed by atoms with E-state index in [1.165, 1.54) is 11.1 Å². The number of carbonyl (C=O) groups is 1. The summed E-state index contributed by atoms with van der Waals surface area (Å²) < 4.78 is 0. The SMILES string of the molecule is Cc1cccc(CNC(=O)N2CCCC[C@@H]2CO)c1C. The smallest absolute Gasteiger partial charge is 0.317 e. The minimum atomic E-state index is -0.0651. The average Bonchev–Trinajstić information content (AvgIpc) is 2.48. The molecular formula is C16H24N2O2. The largest absolute Gasteiger partial charge is 0.394 e. The standard InChI is InChI=1S/C16H24N2O2/c1-12-6-5-7-14(13(12)2)10-17-16(20)18-9-4-3-8-15(18)11-19/h5-7,15,19H,3-4,8-11H2,1-2H3,(H,17,20)/t15-/m1/s1. The molecule has 2 rings (SSSR count). The molecule has 1 aliphatic rings. The number of aliphatic hydroxyl groups excluding tert-OH is 1. The van der Waals surface area contributed by atoms with Crippen LogP contribution in [0.25, 0.3) is 0 Å². The lowest BCUT2D eigenvalue weighted by Gasteiger charge is -2.34. The molecule has 0 aromatic heterocycles. The lowest BCUT2D eigenvalue weighted by Crippen LogP contribution is -2.49. The zero-order valence-electron chi connectivity index (χ0n) is 12.4. The number of carbonyl (C=O) groups excluding carboxylic acids is 1. The first-order valence-electron chi connectivity index (χ1n) is 7.34. The molecule has 1 aliphatic heterocycles. The number of urea groups is 1. The monoisotopic (exact) mass is 276 g/mol. The predicted molar refractivity (Wildman–Crippen MR) is 79.6 cm³/mol. The van der Waals surface area contributed by atoms with Crippen molar-refractivity contribution in [3.63, 3.8) is 0 Å². The van der Waals surface area contributed by atoms with E-state index in [-0.39, 0.29) is 18.7 Å². The second kappa shape index (κ2) is 6.75. The fraction of sp³-hybridized carbons (Fsp3) is 0.562. The number of piperidine rings is 1. The number of amides is 2. The molecule has 1 saturated heterocycles. The molecule has 1 fully saturated rings. The van der Waals surface area contributed by atoms with Gasteiger partial charge >= 0.3 is 6.03 Å². The third-order valence-electron chi connectivity index (χ3n) is 4.25. The maximum absolute atomic E-state index is 12.2. The van der Waals surface area contributed by atoms with Crippen molar-refractivity contribution >= 4 is 6.03 Å². The van der Waals surface area contributed by atoms with Crippen LogP contribution in [0, 0.1) is 13.8 Å². The summed E-state index contributed by atoms with van der Waals surface area (Å²) >= 11 is 0. The summed E-state index contributed by atoms with van der Waals surface area (Å²) in [4.78, 5) is 14.0. The van der Waals surface area contributed by atoms with Gasteiger partial charge in [-0.1, -0.05) is 18.2 Å². The highest BCUT2D eigenvalue weighted by Gasteiger charge is 2.25. The van der Waals surface area contributed by atoms with Crippen LogP contribution in [0.15, 0.2) is 18.2 Å². The van der Waals surface area contributed by atoms with E-state index in [4.69, 9.17) is 0 Å². The van der Waals surface area contributed by atoms with E-state index in [2.05, 4.69) is 25.2 Å². The fourth-order valence-electron chi connectivity index (χ4n) is 2.73. The molecule has 2 N–H and O–H groups in total. The molecule has 4 nitrogen and oxygen atoms in total. The highest BCUT2D eigenvalue weighted by molar-refractivity contribution is 5.74. The Kier molecular flexibility index (Phi) is 5.01. The van der Waals surface area contributed by atoms with Crippen LogP contribution >= 0.6 is 0 Å². The zero-order chi connectivity index (χ0) is 14.5. The summed E-state index contributed by atoms with van der Waals surface area (Å²) in [7, 11) is 0. The van der Waals surface area contributed by atoms with E-state index in [0.29, 0.717) is 6.54 Å². The Morgan fingerprint density at radius 2 is 2.20 bits per heavy atom. The average molecular weight is 276 g/mol. The third-order valence-corrected chi connectivity index (χ3v) is 4.25. The Hall–Kier alpha value is -1.55. The molecule has 0 saturated carbocycles. The molecule has 1 aromatic carbocycles. The van der Waals surface area contributed by atoms with Crippen molar-refractivity contribution in [3.05, 3.63) is 34.9 Å². The highest BCUT2D eigenvalue weighted by Crippen LogP contribution is 2.17. The molecule has 0 aliphatic carbocycles. The highest BCUT2D eigenvalue weighted by atomic mass is 16.3. The molecular weight excluding hydrogens is 252 g/mol. The van der Waals surface area contributed by atoms with Crippen LogP contribution < -0.4 is 5.32 Å². The summed E-state index contributed by atoms with van der Waals surface area (Å²) in [5, 5.41) is 12.3. The Balaban J connectivity index is 1.96. The van der Waals surface area contributed by atoms with E-state index in [1.54, 1.807) is 4.90 Å². The molecule has 1 aromatic rings. The molecule has 1 atom stereocenters. The summed E-state index contributed by atoms with van der Waals surface area (Å²) in [5.41, 5.74) is 3.61. The van der Waals surface area contributed by atoms with Crippen LogP contribution in [-0.2, 0) is 6.54 Å². The molecule has 0 spiro atoms. The first kappa shape index (κ1) is 14.9. The second-order valence-electron chi connectivity index (χ2n) is 5.54. The van der Waals surface area contributed by atoms with Crippen LogP contribution in [0.3, 0.4) is 0 Å². The van der Waals surface area contributed by atoms with E-state index in [1.807, 2.05) is 12.1 Å². The van der Waals surface area contributed by atoms with Gasteiger partial charge in [0.25, 0.3) is 0 Å². The molecule has 1 heterocycles. The maximum atomic E-state index is 12.2. The van der Waals surface area contributed by atoms with Gasteiger partial charge in [0.2, 0.25) is 0 Å². The van der Waals surface area contributed by atoms with Gasteiger partial charge in [0, 0.05) is 13.1 Å². The van der Waals surface area contributed by atoms with Crippen molar-refractivity contribution in [2.24, 2.45) is 0 Å². The van der Waals surface area contributed by atoms with Crippen LogP contribution in [0.4, 0.5) is 4.79 Å². The van der Waals surface area contributed by atoms with Gasteiger partial charge in [-0.25, -0.2) is 4.79 Å². The number of likely N-dealkylation sites (tertiary alicyclic amines) is 1. The van der Waals surface area contributed by atoms with E-state index < -0.39 is 0 Å². The molecule has 0 bridgehead atoms. The van der Waals surface area contributed by atoms with Crippen LogP contribution in [0.5, 0.6) is 0 Å². The lowest BCUT2D eigenvalue weighted by molar-refractivity contribution is 0.108. The van der Waals surface area contributed by atoms with Crippen molar-refractivity contribution in [2.45, 2.75) is 45.7 Å². The maximum Gasteiger partial charge on any atom is 0.317 e. The van der Waals surface area contributed by atoms with Gasteiger partial charge in [-0.05, 0) is 49.8 Å². The van der Waals surface area contributed by atoms with Gasteiger partial charge in [0.15, 0.2) is 0 Å². The van der Waals surface area contributed by atoms with Gasteiger partial charge in [0.1, 0.15) is 0 Å². The summed E-state index contributed by atoms with van der Waals surface area (Å²) in [6.45, 7) is 5.49. The number of nitrogens with one attached hydrogen (secondary N) is 1. The van der Waals surface area contributed by atoms with Crippen LogP contribution in [0.2, 0.25) is 0 Å². The number of hydrogen-bond acceptors (Lipinski definition) is 2. The number of benzene rings is 1. The minimum absolute atomic E-state index is 0.0256. The number of rotatable bonds is 3. The van der Waals surface area contributed by atoms with Gasteiger partial charge in [-0.2, -0.15) is 0 Å². The summed E-state index contributed by atoms with van der Waals surface area (Å²) in [6.07, 6.45) is 3.01. The van der Waals surface area contributed by atoms with Crippen molar-refractivity contribution in [3.8, 4) is 0 Å². The quantitative estimate of drug-likeness (QED) is 0.890. The first-order chi connectivity index (χ1) is 9.63. The van der Waals surface area contributed by atoms with E-state index in [9.17, 15) is 9.90 Å². The Labute approximate surface area is 120 Å². The Bertz CT molecular complexity index is 474. The van der Waals surface area contributed by atoms with Crippen molar-refractivity contribution in [1.29, 1.82) is 0 Å². The first-order valence-corrected chi connectivity index (χ1v) is 7.34. The zero-order valence-corrected chi connectivity index (χ0v) is 12.4. The van der Waals surface area contributed by atoms with E-state index >= 15 is 0 Å². The van der Waals surface area contributed by atoms with E-state index in [0.717, 1.165) is 31.4 Å². The van der Waals surface area contributed by atoms with Gasteiger partial charge in [-0.3, -0.25) is 0 Å². The molecule has 2 amide bonds. The second-order valence-corrected chi connectivity index (χ2v) is 5.54. The van der Waals surface area contributed by atoms with Crippen molar-refractivity contribution < 1.29 is 9.90 Å². The third kappa shape index (κ3) is 3.31. The number of hydrogen-bond donors (Lipinski definition) is 2. The van der Waals surface area contributed by atoms with Gasteiger partial charge < -0.3 is 15.3 Å². The minimum Gasteiger partial charge on any atom is -0.394 e. The van der Waals surface area contributed by atoms with Crippen LogP contribution in [0.1, 0.15) is 36.0 Å². The fourth-order valence-corrected chi connectivity index (χ4v) is 2.73. The number of aliphatic hydroxyl groups is 1. The number of aryl methyl sites for hydroxylation is 1. The topological polar surface area (TPSA) is 52.6 Å². The summed E-state index contributed by atoms with van der Waals surface area (Å²) in [5.74, 6) is 0. The Morgan fingerprint density at radius 3 is 2.95 bits per heavy atom. The van der Waals surface area contributed by atoms with Crippen molar-refractivity contribution in [1.82, 2.24) is 10.2 Å². The predicted octanol–water partition coefficient (Wildman–Crippen LogP) is 2.36. The van der Waals surface area contributed by atoms with Gasteiger partial charge in [-0.15, -0.1) is 0 Å². The van der Waals surface area contributed by atoms with Crippen LogP contribution in [-0.4, -0.2) is 35.2 Å².